The summed E-state index contributed by atoms with van der Waals surface area (Å²) in [5.74, 6) is -2.65. The molecule has 9 nitrogen and oxygen atoms in total. The molecule has 6 rings (SSSR count). The van der Waals surface area contributed by atoms with E-state index in [0.717, 1.165) is 40.4 Å². The molecule has 3 N–H and O–H groups in total. The number of hydrogen-bond donors (Lipinski definition) is 3. The number of amides is 2. The first kappa shape index (κ1) is 29.6. The van der Waals surface area contributed by atoms with Gasteiger partial charge in [0.15, 0.2) is 0 Å². The van der Waals surface area contributed by atoms with E-state index < -0.39 is 41.4 Å². The molecule has 0 unspecified atom stereocenters. The maximum Gasteiger partial charge on any atom is 0.330 e. The summed E-state index contributed by atoms with van der Waals surface area (Å²) in [5, 5.41) is 16.5. The van der Waals surface area contributed by atoms with Gasteiger partial charge in [0.25, 0.3) is 5.19 Å². The number of benzene rings is 2. The molecule has 0 spiro atoms. The number of rotatable bonds is 5. The molecule has 43 heavy (non-hydrogen) atoms. The Morgan fingerprint density at radius 1 is 1.21 bits per heavy atom. The van der Waals surface area contributed by atoms with Crippen LogP contribution in [0.4, 0.5) is 10.1 Å². The zero-order valence-electron chi connectivity index (χ0n) is 23.3. The molecule has 2 aliphatic heterocycles. The molecule has 3 heterocycles. The van der Waals surface area contributed by atoms with Gasteiger partial charge < -0.3 is 25.4 Å². The fourth-order valence-corrected chi connectivity index (χ4v) is 7.43. The van der Waals surface area contributed by atoms with Crippen LogP contribution in [0.5, 0.6) is 5.19 Å². The summed E-state index contributed by atoms with van der Waals surface area (Å²) in [7, 11) is 0. The predicted molar refractivity (Wildman–Crippen MR) is 165 cm³/mol. The maximum atomic E-state index is 14.2. The van der Waals surface area contributed by atoms with E-state index in [2.05, 4.69) is 31.5 Å². The molecule has 1 aliphatic carbocycles. The Morgan fingerprint density at radius 2 is 2.07 bits per heavy atom. The Labute approximate surface area is 260 Å². The highest BCUT2D eigenvalue weighted by Crippen LogP contribution is 2.45. The second-order valence-electron chi connectivity index (χ2n) is 11.4. The zero-order chi connectivity index (χ0) is 30.1. The van der Waals surface area contributed by atoms with Crippen molar-refractivity contribution in [3.8, 4) is 5.19 Å². The van der Waals surface area contributed by atoms with Crippen LogP contribution in [-0.2, 0) is 14.4 Å². The quantitative estimate of drug-likeness (QED) is 0.306. The van der Waals surface area contributed by atoms with Crippen LogP contribution in [0.1, 0.15) is 44.9 Å². The second kappa shape index (κ2) is 12.2. The zero-order valence-corrected chi connectivity index (χ0v) is 25.7. The van der Waals surface area contributed by atoms with Gasteiger partial charge in [-0.25, -0.2) is 14.2 Å². The predicted octanol–water partition coefficient (Wildman–Crippen LogP) is 5.51. The lowest BCUT2D eigenvalue weighted by Crippen LogP contribution is -2.55. The van der Waals surface area contributed by atoms with Gasteiger partial charge in [-0.3, -0.25) is 9.59 Å². The third kappa shape index (κ3) is 6.40. The van der Waals surface area contributed by atoms with Crippen LogP contribution in [-0.4, -0.2) is 63.0 Å². The molecule has 0 radical (unpaired) electrons. The summed E-state index contributed by atoms with van der Waals surface area (Å²) in [6.45, 7) is 0.126. The highest BCUT2D eigenvalue weighted by atomic mass is 79.9. The van der Waals surface area contributed by atoms with E-state index in [1.807, 2.05) is 30.4 Å². The Hall–Kier alpha value is -3.51. The van der Waals surface area contributed by atoms with Gasteiger partial charge in [-0.05, 0) is 62.1 Å². The molecule has 1 saturated heterocycles. The minimum atomic E-state index is -1.39. The first-order valence-corrected chi connectivity index (χ1v) is 16.1. The van der Waals surface area contributed by atoms with Crippen molar-refractivity contribution in [2.24, 2.45) is 5.92 Å². The number of carboxylic acid groups (broad SMARTS) is 1. The van der Waals surface area contributed by atoms with Crippen molar-refractivity contribution < 1.29 is 28.6 Å². The fraction of sp³-hybridized carbons (Fsp3) is 0.419. The Bertz CT molecular complexity index is 1580. The Morgan fingerprint density at radius 3 is 2.88 bits per heavy atom. The van der Waals surface area contributed by atoms with Crippen LogP contribution < -0.4 is 15.4 Å². The van der Waals surface area contributed by atoms with Crippen molar-refractivity contribution in [2.75, 3.05) is 11.9 Å². The van der Waals surface area contributed by atoms with Crippen molar-refractivity contribution in [1.82, 2.24) is 15.2 Å². The van der Waals surface area contributed by atoms with E-state index in [1.165, 1.54) is 28.4 Å². The summed E-state index contributed by atoms with van der Waals surface area (Å²) in [4.78, 5) is 46.3. The standard InChI is InChI=1S/C31H32BrFN4O5S/c32-19-11-12-23-26(13-19)43-30(35-23)42-22-15-25-27(38)36-31(29(40)41)16-18(31)7-4-2-1-3-5-10-24(28(39)37(25)17-22)34-21-9-6-8-20(33)14-21/h4,6-9,11-14,18,22,24-25,34H,1-3,5,10,15-17H2,(H,36,38)(H,40,41)/b7-4-/t18-,22+,24-,25-,31+/m0/s1. The molecule has 12 heteroatoms. The molecule has 5 atom stereocenters. The lowest BCUT2D eigenvalue weighted by atomic mass is 10.0. The van der Waals surface area contributed by atoms with Gasteiger partial charge in [0, 0.05) is 22.5 Å². The molecule has 2 fully saturated rings. The number of carbonyl (C=O) groups is 3. The van der Waals surface area contributed by atoms with Crippen LogP contribution in [0.2, 0.25) is 0 Å². The minimum absolute atomic E-state index is 0.126. The van der Waals surface area contributed by atoms with Gasteiger partial charge in [-0.1, -0.05) is 58.3 Å². The van der Waals surface area contributed by atoms with Crippen LogP contribution in [0.25, 0.3) is 10.2 Å². The number of aromatic nitrogens is 1. The Kier molecular flexibility index (Phi) is 8.41. The summed E-state index contributed by atoms with van der Waals surface area (Å²) in [6.07, 6.45) is 7.60. The van der Waals surface area contributed by atoms with E-state index in [-0.39, 0.29) is 24.8 Å². The minimum Gasteiger partial charge on any atom is -0.479 e. The summed E-state index contributed by atoms with van der Waals surface area (Å²) in [5.41, 5.74) is -0.139. The van der Waals surface area contributed by atoms with E-state index in [9.17, 15) is 23.9 Å². The number of anilines is 1. The van der Waals surface area contributed by atoms with Crippen LogP contribution in [0.15, 0.2) is 59.1 Å². The molecule has 3 aromatic rings. The first-order valence-electron chi connectivity index (χ1n) is 14.5. The van der Waals surface area contributed by atoms with Crippen LogP contribution in [0.3, 0.4) is 0 Å². The number of ether oxygens (including phenoxy) is 1. The molecule has 2 aromatic carbocycles. The van der Waals surface area contributed by atoms with E-state index >= 15 is 0 Å². The third-order valence-electron chi connectivity index (χ3n) is 8.39. The maximum absolute atomic E-state index is 14.2. The molecule has 1 saturated carbocycles. The van der Waals surface area contributed by atoms with Gasteiger partial charge >= 0.3 is 5.97 Å². The van der Waals surface area contributed by atoms with Crippen molar-refractivity contribution in [1.29, 1.82) is 0 Å². The van der Waals surface area contributed by atoms with Crippen LogP contribution >= 0.6 is 27.3 Å². The number of carboxylic acids is 1. The van der Waals surface area contributed by atoms with E-state index in [0.29, 0.717) is 23.7 Å². The topological polar surface area (TPSA) is 121 Å². The molecule has 3 aliphatic rings. The van der Waals surface area contributed by atoms with Gasteiger partial charge in [0.2, 0.25) is 11.8 Å². The van der Waals surface area contributed by atoms with E-state index in [1.54, 1.807) is 12.1 Å². The number of hydrogen-bond acceptors (Lipinski definition) is 7. The monoisotopic (exact) mass is 670 g/mol. The average Bonchev–Trinajstić information content (AvgIpc) is 3.29. The third-order valence-corrected chi connectivity index (χ3v) is 9.79. The van der Waals surface area contributed by atoms with Gasteiger partial charge in [0.1, 0.15) is 29.5 Å². The molecule has 2 amide bonds. The lowest BCUT2D eigenvalue weighted by Gasteiger charge is -2.30. The average molecular weight is 672 g/mol. The number of aliphatic carboxylic acids is 1. The molecule has 0 bridgehead atoms. The van der Waals surface area contributed by atoms with Gasteiger partial charge in [0.05, 0.1) is 16.8 Å². The fourth-order valence-electron chi connectivity index (χ4n) is 6.00. The largest absolute Gasteiger partial charge is 0.479 e. The summed E-state index contributed by atoms with van der Waals surface area (Å²) in [6, 6.07) is 10.0. The highest BCUT2D eigenvalue weighted by Gasteiger charge is 2.61. The van der Waals surface area contributed by atoms with Crippen molar-refractivity contribution >= 4 is 61.0 Å². The number of fused-ring (bicyclic) bond motifs is 3. The SMILES string of the molecule is O=C1N[C@]2(C(=O)O)C[C@@H]2/C=C\CCCCC[C@H](Nc2cccc(F)c2)C(=O)N2C[C@H](Oc3nc4ccc(Br)cc4s3)C[C@@H]12. The van der Waals surface area contributed by atoms with Crippen LogP contribution in [0, 0.1) is 11.7 Å². The van der Waals surface area contributed by atoms with Crippen molar-refractivity contribution in [2.45, 2.75) is 68.7 Å². The number of carbonyl (C=O) groups excluding carboxylic acids is 2. The molecular formula is C31H32BrFN4O5S. The molecule has 1 aromatic heterocycles. The normalized spacial score (nSPS) is 28.7. The van der Waals surface area contributed by atoms with Gasteiger partial charge in [-0.2, -0.15) is 0 Å². The first-order chi connectivity index (χ1) is 20.7. The van der Waals surface area contributed by atoms with Gasteiger partial charge in [-0.15, -0.1) is 0 Å². The lowest BCUT2D eigenvalue weighted by molar-refractivity contribution is -0.145. The van der Waals surface area contributed by atoms with Crippen molar-refractivity contribution in [3.05, 3.63) is 64.9 Å². The van der Waals surface area contributed by atoms with E-state index in [4.69, 9.17) is 4.74 Å². The van der Waals surface area contributed by atoms with Crippen molar-refractivity contribution in [3.63, 3.8) is 0 Å². The molecular weight excluding hydrogens is 639 g/mol. The smallest absolute Gasteiger partial charge is 0.330 e. The molecule has 226 valence electrons. The Balaban J connectivity index is 1.29. The summed E-state index contributed by atoms with van der Waals surface area (Å²) >= 11 is 4.84. The number of halogens is 2. The summed E-state index contributed by atoms with van der Waals surface area (Å²) < 4.78 is 22.1. The number of thiazole rings is 1. The second-order valence-corrected chi connectivity index (χ2v) is 13.3. The number of allylic oxidation sites excluding steroid dienone is 1. The number of nitrogens with one attached hydrogen (secondary N) is 2. The number of nitrogens with zero attached hydrogens (tertiary/aromatic N) is 2. The highest BCUT2D eigenvalue weighted by molar-refractivity contribution is 9.10.